The van der Waals surface area contributed by atoms with Crippen LogP contribution < -0.4 is 0 Å². The van der Waals surface area contributed by atoms with E-state index in [0.717, 1.165) is 31.6 Å². The average Bonchev–Trinajstić information content (AvgIpc) is 2.98. The molecule has 2 atom stereocenters. The van der Waals surface area contributed by atoms with E-state index in [1.165, 1.54) is 0 Å². The van der Waals surface area contributed by atoms with Crippen molar-refractivity contribution in [3.05, 3.63) is 24.2 Å². The number of furan rings is 1. The number of carboxylic acids is 1. The molecule has 0 aromatic carbocycles. The van der Waals surface area contributed by atoms with Gasteiger partial charge in [-0.2, -0.15) is 0 Å². The van der Waals surface area contributed by atoms with Crippen LogP contribution in [0, 0.1) is 5.41 Å². The van der Waals surface area contributed by atoms with Crippen LogP contribution in [0.4, 0.5) is 0 Å². The first-order valence-electron chi connectivity index (χ1n) is 6.60. The van der Waals surface area contributed by atoms with Crippen molar-refractivity contribution in [2.75, 3.05) is 13.1 Å². The van der Waals surface area contributed by atoms with Crippen LogP contribution in [0.15, 0.2) is 22.8 Å². The second kappa shape index (κ2) is 5.14. The highest BCUT2D eigenvalue weighted by Crippen LogP contribution is 2.39. The summed E-state index contributed by atoms with van der Waals surface area (Å²) < 4.78 is 5.41. The maximum absolute atomic E-state index is 11.5. The van der Waals surface area contributed by atoms with Crippen LogP contribution in [0.25, 0.3) is 0 Å². The van der Waals surface area contributed by atoms with Gasteiger partial charge in [-0.3, -0.25) is 9.69 Å². The number of carbonyl (C=O) groups is 1. The normalized spacial score (nSPS) is 26.3. The van der Waals surface area contributed by atoms with Gasteiger partial charge >= 0.3 is 5.97 Å². The molecular weight excluding hydrogens is 230 g/mol. The Labute approximate surface area is 108 Å². The second-order valence-electron chi connectivity index (χ2n) is 5.25. The fourth-order valence-electron chi connectivity index (χ4n) is 2.91. The SMILES string of the molecule is CCCC1(C(=O)O)CCN(C(C)c2ccco2)C1. The molecule has 2 unspecified atom stereocenters. The van der Waals surface area contributed by atoms with Gasteiger partial charge in [0.05, 0.1) is 17.7 Å². The van der Waals surface area contributed by atoms with E-state index in [0.29, 0.717) is 6.54 Å². The van der Waals surface area contributed by atoms with Crippen molar-refractivity contribution in [1.29, 1.82) is 0 Å². The molecule has 100 valence electrons. The van der Waals surface area contributed by atoms with Gasteiger partial charge in [0.25, 0.3) is 0 Å². The largest absolute Gasteiger partial charge is 0.481 e. The Morgan fingerprint density at radius 3 is 3.00 bits per heavy atom. The smallest absolute Gasteiger partial charge is 0.310 e. The molecule has 0 spiro atoms. The third-order valence-electron chi connectivity index (χ3n) is 4.07. The Morgan fingerprint density at radius 1 is 1.67 bits per heavy atom. The lowest BCUT2D eigenvalue weighted by Crippen LogP contribution is -2.35. The highest BCUT2D eigenvalue weighted by atomic mass is 16.4. The molecule has 1 fully saturated rings. The van der Waals surface area contributed by atoms with E-state index in [9.17, 15) is 9.90 Å². The summed E-state index contributed by atoms with van der Waals surface area (Å²) in [5.74, 6) is 0.256. The molecule has 2 heterocycles. The third kappa shape index (κ3) is 2.29. The summed E-state index contributed by atoms with van der Waals surface area (Å²) in [6.45, 7) is 5.57. The Hall–Kier alpha value is -1.29. The summed E-state index contributed by atoms with van der Waals surface area (Å²) in [5, 5.41) is 9.47. The quantitative estimate of drug-likeness (QED) is 0.874. The van der Waals surface area contributed by atoms with E-state index in [1.807, 2.05) is 19.1 Å². The van der Waals surface area contributed by atoms with Crippen molar-refractivity contribution in [3.63, 3.8) is 0 Å². The predicted molar refractivity (Wildman–Crippen MR) is 68.3 cm³/mol. The molecule has 1 aromatic heterocycles. The minimum absolute atomic E-state index is 0.151. The number of hydrogen-bond donors (Lipinski definition) is 1. The van der Waals surface area contributed by atoms with Gasteiger partial charge in [-0.25, -0.2) is 0 Å². The zero-order chi connectivity index (χ0) is 13.2. The van der Waals surface area contributed by atoms with Gasteiger partial charge < -0.3 is 9.52 Å². The molecule has 2 rings (SSSR count). The molecule has 4 heteroatoms. The van der Waals surface area contributed by atoms with E-state index in [4.69, 9.17) is 4.42 Å². The molecule has 0 amide bonds. The third-order valence-corrected chi connectivity index (χ3v) is 4.07. The van der Waals surface area contributed by atoms with Gasteiger partial charge in [-0.05, 0) is 31.9 Å². The van der Waals surface area contributed by atoms with Gasteiger partial charge in [-0.1, -0.05) is 13.3 Å². The Kier molecular flexibility index (Phi) is 3.76. The van der Waals surface area contributed by atoms with E-state index >= 15 is 0 Å². The number of likely N-dealkylation sites (tertiary alicyclic amines) is 1. The molecule has 1 N–H and O–H groups in total. The van der Waals surface area contributed by atoms with E-state index in [2.05, 4.69) is 11.8 Å². The number of carboxylic acid groups (broad SMARTS) is 1. The zero-order valence-electron chi connectivity index (χ0n) is 11.1. The highest BCUT2D eigenvalue weighted by molar-refractivity contribution is 5.75. The van der Waals surface area contributed by atoms with Crippen molar-refractivity contribution >= 4 is 5.97 Å². The molecule has 18 heavy (non-hydrogen) atoms. The Bertz CT molecular complexity index is 401. The van der Waals surface area contributed by atoms with Gasteiger partial charge in [-0.15, -0.1) is 0 Å². The van der Waals surface area contributed by atoms with Gasteiger partial charge in [0.15, 0.2) is 0 Å². The molecule has 1 aromatic rings. The molecule has 1 saturated heterocycles. The minimum atomic E-state index is -0.654. The van der Waals surface area contributed by atoms with Crippen LogP contribution in [0.3, 0.4) is 0 Å². The fraction of sp³-hybridized carbons (Fsp3) is 0.643. The number of aliphatic carboxylic acids is 1. The van der Waals surface area contributed by atoms with E-state index in [1.54, 1.807) is 6.26 Å². The first-order chi connectivity index (χ1) is 8.59. The molecule has 0 saturated carbocycles. The molecule has 1 aliphatic heterocycles. The number of hydrogen-bond acceptors (Lipinski definition) is 3. The molecule has 0 bridgehead atoms. The first-order valence-corrected chi connectivity index (χ1v) is 6.60. The van der Waals surface area contributed by atoms with Crippen molar-refractivity contribution < 1.29 is 14.3 Å². The van der Waals surface area contributed by atoms with Crippen LogP contribution in [-0.2, 0) is 4.79 Å². The summed E-state index contributed by atoms with van der Waals surface area (Å²) in [7, 11) is 0. The van der Waals surface area contributed by atoms with Crippen molar-refractivity contribution in [2.45, 2.75) is 39.2 Å². The lowest BCUT2D eigenvalue weighted by Gasteiger charge is -2.27. The lowest BCUT2D eigenvalue weighted by molar-refractivity contribution is -0.148. The maximum atomic E-state index is 11.5. The molecular formula is C14H21NO3. The zero-order valence-corrected chi connectivity index (χ0v) is 11.1. The molecule has 4 nitrogen and oxygen atoms in total. The van der Waals surface area contributed by atoms with E-state index in [-0.39, 0.29) is 6.04 Å². The van der Waals surface area contributed by atoms with Crippen LogP contribution in [0.2, 0.25) is 0 Å². The van der Waals surface area contributed by atoms with E-state index < -0.39 is 11.4 Å². The molecule has 0 aliphatic carbocycles. The van der Waals surface area contributed by atoms with Gasteiger partial charge in [0.2, 0.25) is 0 Å². The van der Waals surface area contributed by atoms with Crippen LogP contribution in [0.1, 0.15) is 44.9 Å². The van der Waals surface area contributed by atoms with Crippen molar-refractivity contribution in [1.82, 2.24) is 4.90 Å². The first kappa shape index (κ1) is 13.1. The van der Waals surface area contributed by atoms with Crippen molar-refractivity contribution in [3.8, 4) is 0 Å². The van der Waals surface area contributed by atoms with Crippen molar-refractivity contribution in [2.24, 2.45) is 5.41 Å². The van der Waals surface area contributed by atoms with Crippen LogP contribution in [-0.4, -0.2) is 29.1 Å². The van der Waals surface area contributed by atoms with Gasteiger partial charge in [0, 0.05) is 13.1 Å². The van der Waals surface area contributed by atoms with Crippen LogP contribution in [0.5, 0.6) is 0 Å². The van der Waals surface area contributed by atoms with Gasteiger partial charge in [0.1, 0.15) is 5.76 Å². The summed E-state index contributed by atoms with van der Waals surface area (Å²) in [4.78, 5) is 13.7. The summed E-state index contributed by atoms with van der Waals surface area (Å²) in [6, 6.07) is 3.97. The minimum Gasteiger partial charge on any atom is -0.481 e. The summed E-state index contributed by atoms with van der Waals surface area (Å²) >= 11 is 0. The molecule has 1 aliphatic rings. The monoisotopic (exact) mass is 251 g/mol. The maximum Gasteiger partial charge on any atom is 0.310 e. The Balaban J connectivity index is 2.09. The predicted octanol–water partition coefficient (Wildman–Crippen LogP) is 2.92. The second-order valence-corrected chi connectivity index (χ2v) is 5.25. The fourth-order valence-corrected chi connectivity index (χ4v) is 2.91. The summed E-state index contributed by atoms with van der Waals surface area (Å²) in [6.07, 6.45) is 4.07. The molecule has 0 radical (unpaired) electrons. The summed E-state index contributed by atoms with van der Waals surface area (Å²) in [5.41, 5.74) is -0.560. The lowest BCUT2D eigenvalue weighted by atomic mass is 9.83. The average molecular weight is 251 g/mol. The van der Waals surface area contributed by atoms with Crippen LogP contribution >= 0.6 is 0 Å². The number of rotatable bonds is 5. The Morgan fingerprint density at radius 2 is 2.44 bits per heavy atom. The standard InChI is InChI=1S/C14H21NO3/c1-3-6-14(13(16)17)7-8-15(10-14)11(2)12-5-4-9-18-12/h4-5,9,11H,3,6-8,10H2,1-2H3,(H,16,17). The topological polar surface area (TPSA) is 53.7 Å². The number of nitrogens with zero attached hydrogens (tertiary/aromatic N) is 1. The highest BCUT2D eigenvalue weighted by Gasteiger charge is 2.45.